The summed E-state index contributed by atoms with van der Waals surface area (Å²) in [5, 5.41) is 11.9. The Morgan fingerprint density at radius 2 is 1.81 bits per heavy atom. The summed E-state index contributed by atoms with van der Waals surface area (Å²) in [4.78, 5) is 22.0. The van der Waals surface area contributed by atoms with E-state index in [0.717, 1.165) is 0 Å². The number of rotatable bonds is 3. The molecular weight excluding hydrogens is 287 g/mol. The second-order valence-corrected chi connectivity index (χ2v) is 4.35. The molecule has 0 unspecified atom stereocenters. The minimum absolute atomic E-state index is 0.0237. The first-order valence-electron chi connectivity index (χ1n) is 5.89. The number of benzene rings is 2. The standard InChI is InChI=1S/C14H10F3NO3/c15-14(16,17)13(21)18-7-8-5-9-3-1-2-4-10(9)11(6-8)12(19)20/h1-6H,7H2,(H,18,21)(H,19,20). The fourth-order valence-corrected chi connectivity index (χ4v) is 1.93. The first-order chi connectivity index (χ1) is 9.79. The van der Waals surface area contributed by atoms with E-state index in [4.69, 9.17) is 5.11 Å². The van der Waals surface area contributed by atoms with Gasteiger partial charge in [-0.15, -0.1) is 0 Å². The number of amides is 1. The molecule has 0 spiro atoms. The monoisotopic (exact) mass is 297 g/mol. The van der Waals surface area contributed by atoms with Crippen molar-refractivity contribution in [3.05, 3.63) is 47.5 Å². The Labute approximate surface area is 117 Å². The number of halogens is 3. The van der Waals surface area contributed by atoms with E-state index < -0.39 is 24.6 Å². The highest BCUT2D eigenvalue weighted by atomic mass is 19.4. The van der Waals surface area contributed by atoms with Crippen LogP contribution in [0.15, 0.2) is 36.4 Å². The van der Waals surface area contributed by atoms with E-state index in [1.165, 1.54) is 6.07 Å². The Morgan fingerprint density at radius 3 is 2.43 bits per heavy atom. The van der Waals surface area contributed by atoms with Crippen LogP contribution in [0.25, 0.3) is 10.8 Å². The molecule has 2 rings (SSSR count). The minimum atomic E-state index is -4.97. The third kappa shape index (κ3) is 3.31. The van der Waals surface area contributed by atoms with E-state index in [9.17, 15) is 22.8 Å². The maximum absolute atomic E-state index is 12.1. The summed E-state index contributed by atoms with van der Waals surface area (Å²) < 4.78 is 36.3. The Morgan fingerprint density at radius 1 is 1.14 bits per heavy atom. The fourth-order valence-electron chi connectivity index (χ4n) is 1.93. The SMILES string of the molecule is O=C(O)c1cc(CNC(=O)C(F)(F)F)cc2ccccc12. The van der Waals surface area contributed by atoms with Crippen LogP contribution in [0.4, 0.5) is 13.2 Å². The fraction of sp³-hybridized carbons (Fsp3) is 0.143. The molecule has 0 saturated carbocycles. The Hall–Kier alpha value is -2.57. The number of nitrogens with one attached hydrogen (secondary N) is 1. The lowest BCUT2D eigenvalue weighted by Crippen LogP contribution is -2.36. The van der Waals surface area contributed by atoms with Crippen LogP contribution in [0, 0.1) is 0 Å². The molecule has 0 aliphatic rings. The first kappa shape index (κ1) is 14.8. The van der Waals surface area contributed by atoms with Gasteiger partial charge in [-0.3, -0.25) is 4.79 Å². The Balaban J connectivity index is 2.33. The second kappa shape index (κ2) is 5.43. The summed E-state index contributed by atoms with van der Waals surface area (Å²) in [5.41, 5.74) is 0.257. The maximum atomic E-state index is 12.1. The average molecular weight is 297 g/mol. The molecule has 0 aliphatic heterocycles. The molecule has 4 nitrogen and oxygen atoms in total. The van der Waals surface area contributed by atoms with E-state index in [0.29, 0.717) is 10.8 Å². The highest BCUT2D eigenvalue weighted by molar-refractivity contribution is 6.04. The van der Waals surface area contributed by atoms with Crippen LogP contribution in [-0.4, -0.2) is 23.2 Å². The highest BCUT2D eigenvalue weighted by Gasteiger charge is 2.38. The predicted molar refractivity (Wildman–Crippen MR) is 68.8 cm³/mol. The lowest BCUT2D eigenvalue weighted by Gasteiger charge is -2.10. The van der Waals surface area contributed by atoms with E-state index in [2.05, 4.69) is 0 Å². The molecule has 21 heavy (non-hydrogen) atoms. The van der Waals surface area contributed by atoms with Crippen molar-refractivity contribution >= 4 is 22.6 Å². The quantitative estimate of drug-likeness (QED) is 0.915. The zero-order chi connectivity index (χ0) is 15.6. The lowest BCUT2D eigenvalue weighted by atomic mass is 10.0. The third-order valence-electron chi connectivity index (χ3n) is 2.86. The number of alkyl halides is 3. The van der Waals surface area contributed by atoms with Crippen molar-refractivity contribution in [1.82, 2.24) is 5.32 Å². The van der Waals surface area contributed by atoms with E-state index in [-0.39, 0.29) is 11.1 Å². The van der Waals surface area contributed by atoms with Gasteiger partial charge in [-0.1, -0.05) is 24.3 Å². The molecule has 0 aliphatic carbocycles. The van der Waals surface area contributed by atoms with Crippen LogP contribution in [0.3, 0.4) is 0 Å². The van der Waals surface area contributed by atoms with Crippen LogP contribution in [-0.2, 0) is 11.3 Å². The van der Waals surface area contributed by atoms with Gasteiger partial charge < -0.3 is 10.4 Å². The zero-order valence-corrected chi connectivity index (χ0v) is 10.6. The molecule has 0 radical (unpaired) electrons. The van der Waals surface area contributed by atoms with Crippen molar-refractivity contribution in [2.45, 2.75) is 12.7 Å². The number of carbonyl (C=O) groups excluding carboxylic acids is 1. The number of carboxylic acid groups (broad SMARTS) is 1. The third-order valence-corrected chi connectivity index (χ3v) is 2.86. The topological polar surface area (TPSA) is 66.4 Å². The molecular formula is C14H10F3NO3. The van der Waals surface area contributed by atoms with Crippen molar-refractivity contribution in [2.75, 3.05) is 0 Å². The maximum Gasteiger partial charge on any atom is 0.471 e. The number of fused-ring (bicyclic) bond motifs is 1. The van der Waals surface area contributed by atoms with Gasteiger partial charge in [0.05, 0.1) is 5.56 Å². The Bertz CT molecular complexity index is 710. The molecule has 7 heteroatoms. The van der Waals surface area contributed by atoms with Crippen LogP contribution in [0.2, 0.25) is 0 Å². The summed E-state index contributed by atoms with van der Waals surface area (Å²) >= 11 is 0. The predicted octanol–water partition coefficient (Wildman–Crippen LogP) is 2.72. The van der Waals surface area contributed by atoms with Gasteiger partial charge >= 0.3 is 18.1 Å². The molecule has 0 bridgehead atoms. The smallest absolute Gasteiger partial charge is 0.471 e. The molecule has 0 atom stereocenters. The summed E-state index contributed by atoms with van der Waals surface area (Å²) in [6.07, 6.45) is -4.97. The van der Waals surface area contributed by atoms with Crippen molar-refractivity contribution in [3.63, 3.8) is 0 Å². The molecule has 2 N–H and O–H groups in total. The number of carbonyl (C=O) groups is 2. The van der Waals surface area contributed by atoms with Crippen LogP contribution < -0.4 is 5.32 Å². The van der Waals surface area contributed by atoms with Gasteiger partial charge in [-0.05, 0) is 28.5 Å². The van der Waals surface area contributed by atoms with Crippen molar-refractivity contribution in [1.29, 1.82) is 0 Å². The van der Waals surface area contributed by atoms with Gasteiger partial charge in [-0.2, -0.15) is 13.2 Å². The van der Waals surface area contributed by atoms with E-state index >= 15 is 0 Å². The van der Waals surface area contributed by atoms with E-state index in [1.807, 2.05) is 0 Å². The molecule has 110 valence electrons. The number of carboxylic acids is 1. The van der Waals surface area contributed by atoms with Gasteiger partial charge in [0.25, 0.3) is 0 Å². The number of hydrogen-bond donors (Lipinski definition) is 2. The molecule has 1 amide bonds. The number of aromatic carboxylic acids is 1. The second-order valence-electron chi connectivity index (χ2n) is 4.35. The zero-order valence-electron chi connectivity index (χ0n) is 10.6. The summed E-state index contributed by atoms with van der Waals surface area (Å²) in [5.74, 6) is -3.25. The van der Waals surface area contributed by atoms with Gasteiger partial charge in [-0.25, -0.2) is 4.79 Å². The summed E-state index contributed by atoms with van der Waals surface area (Å²) in [7, 11) is 0. The van der Waals surface area contributed by atoms with Crippen molar-refractivity contribution in [3.8, 4) is 0 Å². The normalized spacial score (nSPS) is 11.4. The molecule has 2 aromatic rings. The van der Waals surface area contributed by atoms with Gasteiger partial charge in [0.2, 0.25) is 0 Å². The van der Waals surface area contributed by atoms with Crippen LogP contribution >= 0.6 is 0 Å². The first-order valence-corrected chi connectivity index (χ1v) is 5.89. The van der Waals surface area contributed by atoms with Crippen molar-refractivity contribution in [2.24, 2.45) is 0 Å². The molecule has 0 fully saturated rings. The molecule has 2 aromatic carbocycles. The van der Waals surface area contributed by atoms with Gasteiger partial charge in [0.1, 0.15) is 0 Å². The van der Waals surface area contributed by atoms with Crippen molar-refractivity contribution < 1.29 is 27.9 Å². The lowest BCUT2D eigenvalue weighted by molar-refractivity contribution is -0.173. The van der Waals surface area contributed by atoms with Gasteiger partial charge in [0.15, 0.2) is 0 Å². The molecule has 0 aromatic heterocycles. The number of hydrogen-bond acceptors (Lipinski definition) is 2. The highest BCUT2D eigenvalue weighted by Crippen LogP contribution is 2.22. The molecule has 0 saturated heterocycles. The van der Waals surface area contributed by atoms with Crippen LogP contribution in [0.1, 0.15) is 15.9 Å². The molecule has 0 heterocycles. The summed E-state index contributed by atoms with van der Waals surface area (Å²) in [6, 6.07) is 9.40. The van der Waals surface area contributed by atoms with E-state index in [1.54, 1.807) is 35.6 Å². The van der Waals surface area contributed by atoms with Crippen LogP contribution in [0.5, 0.6) is 0 Å². The Kier molecular flexibility index (Phi) is 3.84. The largest absolute Gasteiger partial charge is 0.478 e. The summed E-state index contributed by atoms with van der Waals surface area (Å²) in [6.45, 7) is -0.399. The minimum Gasteiger partial charge on any atom is -0.478 e. The van der Waals surface area contributed by atoms with Gasteiger partial charge in [0, 0.05) is 6.54 Å². The average Bonchev–Trinajstić information content (AvgIpc) is 2.42.